The maximum Gasteiger partial charge on any atom is 0.305 e. The van der Waals surface area contributed by atoms with Gasteiger partial charge in [-0.05, 0) is 37.1 Å². The Kier molecular flexibility index (Phi) is 5.81. The van der Waals surface area contributed by atoms with E-state index in [0.717, 1.165) is 10.0 Å². The first kappa shape index (κ1) is 16.0. The zero-order valence-electron chi connectivity index (χ0n) is 10.8. The number of carbonyl (C=O) groups excluding carboxylic acids is 1. The third-order valence-corrected chi connectivity index (χ3v) is 4.33. The van der Waals surface area contributed by atoms with E-state index in [4.69, 9.17) is 0 Å². The summed E-state index contributed by atoms with van der Waals surface area (Å²) in [5, 5.41) is 0. The van der Waals surface area contributed by atoms with E-state index in [-0.39, 0.29) is 18.6 Å². The highest BCUT2D eigenvalue weighted by Crippen LogP contribution is 2.21. The SMILES string of the molecule is COC(=O)CCCS(=O)(=O)Nc1ccc(Br)cc1C. The Morgan fingerprint density at radius 1 is 1.42 bits per heavy atom. The largest absolute Gasteiger partial charge is 0.469 e. The van der Waals surface area contributed by atoms with E-state index < -0.39 is 16.0 Å². The van der Waals surface area contributed by atoms with E-state index in [9.17, 15) is 13.2 Å². The van der Waals surface area contributed by atoms with Gasteiger partial charge in [0.15, 0.2) is 0 Å². The number of methoxy groups -OCH3 is 1. The third-order valence-electron chi connectivity index (χ3n) is 2.48. The van der Waals surface area contributed by atoms with Crippen LogP contribution in [-0.4, -0.2) is 27.2 Å². The molecule has 1 aromatic rings. The first-order chi connectivity index (χ1) is 8.84. The van der Waals surface area contributed by atoms with Crippen LogP contribution in [-0.2, 0) is 19.6 Å². The Labute approximate surface area is 121 Å². The molecule has 1 N–H and O–H groups in total. The minimum atomic E-state index is -3.45. The van der Waals surface area contributed by atoms with E-state index >= 15 is 0 Å². The molecule has 0 bridgehead atoms. The van der Waals surface area contributed by atoms with Gasteiger partial charge in [-0.15, -0.1) is 0 Å². The number of aryl methyl sites for hydroxylation is 1. The van der Waals surface area contributed by atoms with Gasteiger partial charge >= 0.3 is 5.97 Å². The normalized spacial score (nSPS) is 11.1. The molecule has 1 aromatic carbocycles. The van der Waals surface area contributed by atoms with Gasteiger partial charge < -0.3 is 4.74 Å². The van der Waals surface area contributed by atoms with E-state index in [2.05, 4.69) is 25.4 Å². The first-order valence-corrected chi connectivity index (χ1v) is 8.12. The summed E-state index contributed by atoms with van der Waals surface area (Å²) in [6.45, 7) is 1.82. The van der Waals surface area contributed by atoms with Crippen molar-refractivity contribution in [1.29, 1.82) is 0 Å². The Morgan fingerprint density at radius 2 is 2.11 bits per heavy atom. The van der Waals surface area contributed by atoms with Crippen LogP contribution < -0.4 is 4.72 Å². The average molecular weight is 350 g/mol. The van der Waals surface area contributed by atoms with Crippen molar-refractivity contribution in [2.24, 2.45) is 0 Å². The number of nitrogens with one attached hydrogen (secondary N) is 1. The highest BCUT2D eigenvalue weighted by atomic mass is 79.9. The fourth-order valence-electron chi connectivity index (χ4n) is 1.47. The van der Waals surface area contributed by atoms with Gasteiger partial charge in [0.05, 0.1) is 18.6 Å². The fourth-order valence-corrected chi connectivity index (χ4v) is 3.13. The summed E-state index contributed by atoms with van der Waals surface area (Å²) >= 11 is 3.31. The number of rotatable bonds is 6. The van der Waals surface area contributed by atoms with Crippen molar-refractivity contribution in [2.45, 2.75) is 19.8 Å². The molecule has 1 rings (SSSR count). The molecule has 0 aliphatic heterocycles. The van der Waals surface area contributed by atoms with Crippen LogP contribution in [0.4, 0.5) is 5.69 Å². The Balaban J connectivity index is 2.61. The lowest BCUT2D eigenvalue weighted by Crippen LogP contribution is -2.18. The molecule has 0 fully saturated rings. The van der Waals surface area contributed by atoms with Crippen LogP contribution in [0.25, 0.3) is 0 Å². The predicted molar refractivity (Wildman–Crippen MR) is 77.5 cm³/mol. The smallest absolute Gasteiger partial charge is 0.305 e. The number of esters is 1. The molecular weight excluding hydrogens is 334 g/mol. The quantitative estimate of drug-likeness (QED) is 0.800. The fraction of sp³-hybridized carbons (Fsp3) is 0.417. The molecule has 0 aliphatic rings. The molecule has 0 heterocycles. The molecule has 0 unspecified atom stereocenters. The van der Waals surface area contributed by atoms with Crippen molar-refractivity contribution >= 4 is 37.6 Å². The number of ether oxygens (including phenoxy) is 1. The molecular formula is C12H16BrNO4S. The van der Waals surface area contributed by atoms with Crippen molar-refractivity contribution in [3.63, 3.8) is 0 Å². The molecule has 0 radical (unpaired) electrons. The maximum atomic E-state index is 11.8. The molecule has 0 saturated carbocycles. The molecule has 0 atom stereocenters. The minimum Gasteiger partial charge on any atom is -0.469 e. The summed E-state index contributed by atoms with van der Waals surface area (Å²) in [7, 11) is -2.17. The number of carbonyl (C=O) groups is 1. The average Bonchev–Trinajstić information content (AvgIpc) is 2.32. The van der Waals surface area contributed by atoms with Crippen LogP contribution in [0.3, 0.4) is 0 Å². The van der Waals surface area contributed by atoms with Crippen LogP contribution in [0.1, 0.15) is 18.4 Å². The molecule has 0 aromatic heterocycles. The maximum absolute atomic E-state index is 11.8. The summed E-state index contributed by atoms with van der Waals surface area (Å²) in [6.07, 6.45) is 0.328. The first-order valence-electron chi connectivity index (χ1n) is 5.67. The molecule has 0 saturated heterocycles. The highest BCUT2D eigenvalue weighted by molar-refractivity contribution is 9.10. The Morgan fingerprint density at radius 3 is 2.68 bits per heavy atom. The number of sulfonamides is 1. The molecule has 5 nitrogen and oxygen atoms in total. The second-order valence-electron chi connectivity index (χ2n) is 4.06. The number of halogens is 1. The van der Waals surface area contributed by atoms with E-state index in [1.807, 2.05) is 13.0 Å². The Hall–Kier alpha value is -1.08. The monoisotopic (exact) mass is 349 g/mol. The Bertz CT molecular complexity index is 557. The predicted octanol–water partition coefficient (Wildman–Crippen LogP) is 2.45. The molecule has 106 valence electrons. The number of anilines is 1. The topological polar surface area (TPSA) is 72.5 Å². The lowest BCUT2D eigenvalue weighted by atomic mass is 10.2. The molecule has 0 aliphatic carbocycles. The van der Waals surface area contributed by atoms with E-state index in [1.165, 1.54) is 7.11 Å². The third kappa shape index (κ3) is 5.61. The van der Waals surface area contributed by atoms with Crippen LogP contribution in [0.2, 0.25) is 0 Å². The zero-order chi connectivity index (χ0) is 14.5. The summed E-state index contributed by atoms with van der Waals surface area (Å²) in [5.41, 5.74) is 1.37. The molecule has 0 spiro atoms. The summed E-state index contributed by atoms with van der Waals surface area (Å²) in [6, 6.07) is 5.28. The van der Waals surface area contributed by atoms with Crippen molar-refractivity contribution in [3.05, 3.63) is 28.2 Å². The zero-order valence-corrected chi connectivity index (χ0v) is 13.2. The minimum absolute atomic E-state index is 0.0940. The standard InChI is InChI=1S/C12H16BrNO4S/c1-9-8-10(13)5-6-11(9)14-19(16,17)7-3-4-12(15)18-2/h5-6,8,14H,3-4,7H2,1-2H3. The summed E-state index contributed by atoms with van der Waals surface area (Å²) in [5.74, 6) is -0.521. The van der Waals surface area contributed by atoms with Crippen LogP contribution >= 0.6 is 15.9 Å². The van der Waals surface area contributed by atoms with Crippen LogP contribution in [0, 0.1) is 6.92 Å². The lowest BCUT2D eigenvalue weighted by Gasteiger charge is -2.10. The second kappa shape index (κ2) is 6.91. The lowest BCUT2D eigenvalue weighted by molar-refractivity contribution is -0.140. The van der Waals surface area contributed by atoms with Gasteiger partial charge in [-0.25, -0.2) is 8.42 Å². The van der Waals surface area contributed by atoms with Crippen molar-refractivity contribution in [3.8, 4) is 0 Å². The summed E-state index contributed by atoms with van der Waals surface area (Å²) in [4.78, 5) is 10.9. The van der Waals surface area contributed by atoms with Crippen molar-refractivity contribution in [1.82, 2.24) is 0 Å². The van der Waals surface area contributed by atoms with Crippen LogP contribution in [0.15, 0.2) is 22.7 Å². The van der Waals surface area contributed by atoms with Crippen LogP contribution in [0.5, 0.6) is 0 Å². The van der Waals surface area contributed by atoms with E-state index in [0.29, 0.717) is 5.69 Å². The van der Waals surface area contributed by atoms with Gasteiger partial charge in [-0.1, -0.05) is 15.9 Å². The highest BCUT2D eigenvalue weighted by Gasteiger charge is 2.13. The molecule has 7 heteroatoms. The molecule has 0 amide bonds. The number of hydrogen-bond donors (Lipinski definition) is 1. The van der Waals surface area contributed by atoms with Gasteiger partial charge in [-0.3, -0.25) is 9.52 Å². The number of benzene rings is 1. The van der Waals surface area contributed by atoms with Gasteiger partial charge in [-0.2, -0.15) is 0 Å². The summed E-state index contributed by atoms with van der Waals surface area (Å²) < 4.78 is 31.5. The van der Waals surface area contributed by atoms with Gasteiger partial charge in [0.2, 0.25) is 10.0 Å². The van der Waals surface area contributed by atoms with Crippen molar-refractivity contribution < 1.29 is 17.9 Å². The van der Waals surface area contributed by atoms with Gasteiger partial charge in [0.1, 0.15) is 0 Å². The van der Waals surface area contributed by atoms with Gasteiger partial charge in [0.25, 0.3) is 0 Å². The van der Waals surface area contributed by atoms with Gasteiger partial charge in [0, 0.05) is 10.9 Å². The van der Waals surface area contributed by atoms with E-state index in [1.54, 1.807) is 12.1 Å². The van der Waals surface area contributed by atoms with Crippen molar-refractivity contribution in [2.75, 3.05) is 17.6 Å². The number of hydrogen-bond acceptors (Lipinski definition) is 4. The second-order valence-corrected chi connectivity index (χ2v) is 6.82. The molecule has 19 heavy (non-hydrogen) atoms.